The maximum Gasteiger partial charge on any atom is 0.241 e. The Kier molecular flexibility index (Phi) is 4.47. The SMILES string of the molecule is Cc1c(Cl)cccc1S(=O)(=O)N[C@@H](C)Cn1ccnc1. The van der Waals surface area contributed by atoms with E-state index in [1.54, 1.807) is 50.8 Å². The molecule has 2 aromatic rings. The second-order valence-electron chi connectivity index (χ2n) is 4.64. The summed E-state index contributed by atoms with van der Waals surface area (Å²) in [6.07, 6.45) is 5.09. The Bertz CT molecular complexity index is 684. The van der Waals surface area contributed by atoms with Crippen molar-refractivity contribution >= 4 is 21.6 Å². The van der Waals surface area contributed by atoms with Crippen molar-refractivity contribution in [3.8, 4) is 0 Å². The molecule has 108 valence electrons. The topological polar surface area (TPSA) is 64.0 Å². The number of halogens is 1. The average molecular weight is 314 g/mol. The number of aromatic nitrogens is 2. The van der Waals surface area contributed by atoms with Crippen LogP contribution in [0, 0.1) is 6.92 Å². The molecule has 0 amide bonds. The predicted octanol–water partition coefficient (Wildman–Crippen LogP) is 2.21. The van der Waals surface area contributed by atoms with Gasteiger partial charge in [0.2, 0.25) is 10.0 Å². The molecule has 0 radical (unpaired) electrons. The van der Waals surface area contributed by atoms with Gasteiger partial charge in [-0.15, -0.1) is 0 Å². The fourth-order valence-corrected chi connectivity index (χ4v) is 3.69. The van der Waals surface area contributed by atoms with E-state index in [0.717, 1.165) is 0 Å². The number of rotatable bonds is 5. The summed E-state index contributed by atoms with van der Waals surface area (Å²) in [7, 11) is -3.58. The van der Waals surface area contributed by atoms with Crippen LogP contribution in [-0.2, 0) is 16.6 Å². The van der Waals surface area contributed by atoms with Crippen molar-refractivity contribution in [2.45, 2.75) is 31.3 Å². The van der Waals surface area contributed by atoms with Crippen molar-refractivity contribution in [2.24, 2.45) is 0 Å². The van der Waals surface area contributed by atoms with Gasteiger partial charge >= 0.3 is 0 Å². The molecular formula is C13H16ClN3O2S. The third-order valence-corrected chi connectivity index (χ3v) is 5.05. The number of nitrogens with one attached hydrogen (secondary N) is 1. The van der Waals surface area contributed by atoms with Gasteiger partial charge in [0, 0.05) is 30.0 Å². The Morgan fingerprint density at radius 1 is 1.45 bits per heavy atom. The van der Waals surface area contributed by atoms with Gasteiger partial charge < -0.3 is 4.57 Å². The van der Waals surface area contributed by atoms with Crippen molar-refractivity contribution in [1.29, 1.82) is 0 Å². The third kappa shape index (κ3) is 3.39. The Morgan fingerprint density at radius 3 is 2.85 bits per heavy atom. The zero-order valence-electron chi connectivity index (χ0n) is 11.2. The van der Waals surface area contributed by atoms with E-state index < -0.39 is 10.0 Å². The zero-order chi connectivity index (χ0) is 14.8. The molecule has 2 rings (SSSR count). The molecule has 1 N–H and O–H groups in total. The van der Waals surface area contributed by atoms with Crippen molar-refractivity contribution in [3.05, 3.63) is 47.5 Å². The van der Waals surface area contributed by atoms with Crippen LogP contribution in [0.15, 0.2) is 41.8 Å². The van der Waals surface area contributed by atoms with Crippen LogP contribution in [0.25, 0.3) is 0 Å². The van der Waals surface area contributed by atoms with E-state index in [-0.39, 0.29) is 10.9 Å². The first-order chi connectivity index (χ1) is 9.40. The first-order valence-electron chi connectivity index (χ1n) is 6.13. The quantitative estimate of drug-likeness (QED) is 0.920. The largest absolute Gasteiger partial charge is 0.336 e. The van der Waals surface area contributed by atoms with Crippen LogP contribution in [0.4, 0.5) is 0 Å². The van der Waals surface area contributed by atoms with Crippen LogP contribution in [0.1, 0.15) is 12.5 Å². The van der Waals surface area contributed by atoms with E-state index in [1.807, 2.05) is 4.57 Å². The Labute approximate surface area is 123 Å². The molecule has 0 bridgehead atoms. The van der Waals surface area contributed by atoms with E-state index in [1.165, 1.54) is 0 Å². The highest BCUT2D eigenvalue weighted by molar-refractivity contribution is 7.89. The van der Waals surface area contributed by atoms with Gasteiger partial charge in [-0.25, -0.2) is 18.1 Å². The lowest BCUT2D eigenvalue weighted by molar-refractivity contribution is 0.520. The average Bonchev–Trinajstić information content (AvgIpc) is 2.84. The van der Waals surface area contributed by atoms with E-state index in [9.17, 15) is 8.42 Å². The van der Waals surface area contributed by atoms with Gasteiger partial charge in [-0.2, -0.15) is 0 Å². The smallest absolute Gasteiger partial charge is 0.241 e. The minimum atomic E-state index is -3.58. The first kappa shape index (κ1) is 15.0. The number of sulfonamides is 1. The van der Waals surface area contributed by atoms with E-state index >= 15 is 0 Å². The molecule has 1 atom stereocenters. The summed E-state index contributed by atoms with van der Waals surface area (Å²) in [5.74, 6) is 0. The minimum Gasteiger partial charge on any atom is -0.336 e. The standard InChI is InChI=1S/C13H16ClN3O2S/c1-10(8-17-7-6-15-9-17)16-20(18,19)13-5-3-4-12(14)11(13)2/h3-7,9-10,16H,8H2,1-2H3/t10-/m0/s1. The van der Waals surface area contributed by atoms with E-state index in [2.05, 4.69) is 9.71 Å². The van der Waals surface area contributed by atoms with E-state index in [4.69, 9.17) is 11.6 Å². The highest BCUT2D eigenvalue weighted by atomic mass is 35.5. The summed E-state index contributed by atoms with van der Waals surface area (Å²) < 4.78 is 29.2. The molecule has 0 saturated heterocycles. The number of hydrogen-bond donors (Lipinski definition) is 1. The molecule has 0 aliphatic rings. The van der Waals surface area contributed by atoms with Crippen LogP contribution < -0.4 is 4.72 Å². The Hall–Kier alpha value is -1.37. The summed E-state index contributed by atoms with van der Waals surface area (Å²) in [6.45, 7) is 4.01. The lowest BCUT2D eigenvalue weighted by atomic mass is 10.2. The summed E-state index contributed by atoms with van der Waals surface area (Å²) in [5, 5.41) is 0.440. The zero-order valence-corrected chi connectivity index (χ0v) is 12.8. The van der Waals surface area contributed by atoms with Gasteiger partial charge in [0.1, 0.15) is 0 Å². The summed E-state index contributed by atoms with van der Waals surface area (Å²) in [5.41, 5.74) is 0.552. The van der Waals surface area contributed by atoms with Crippen LogP contribution in [0.5, 0.6) is 0 Å². The fourth-order valence-electron chi connectivity index (χ4n) is 1.96. The van der Waals surface area contributed by atoms with Crippen LogP contribution >= 0.6 is 11.6 Å². The molecule has 20 heavy (non-hydrogen) atoms. The first-order valence-corrected chi connectivity index (χ1v) is 7.99. The monoisotopic (exact) mass is 313 g/mol. The van der Waals surface area contributed by atoms with Crippen molar-refractivity contribution in [2.75, 3.05) is 0 Å². The maximum absolute atomic E-state index is 12.3. The summed E-state index contributed by atoms with van der Waals surface area (Å²) >= 11 is 5.97. The lowest BCUT2D eigenvalue weighted by Gasteiger charge is -2.16. The summed E-state index contributed by atoms with van der Waals surface area (Å²) in [4.78, 5) is 4.13. The van der Waals surface area contributed by atoms with Crippen molar-refractivity contribution < 1.29 is 8.42 Å². The molecule has 0 saturated carbocycles. The van der Waals surface area contributed by atoms with Crippen molar-refractivity contribution in [1.82, 2.24) is 14.3 Å². The van der Waals surface area contributed by atoms with Gasteiger partial charge in [0.15, 0.2) is 0 Å². The second kappa shape index (κ2) is 5.95. The van der Waals surface area contributed by atoms with E-state index in [0.29, 0.717) is 17.1 Å². The maximum atomic E-state index is 12.3. The molecule has 7 heteroatoms. The van der Waals surface area contributed by atoms with Gasteiger partial charge in [-0.05, 0) is 31.5 Å². The normalized spacial score (nSPS) is 13.3. The Balaban J connectivity index is 2.16. The number of imidazole rings is 1. The molecule has 0 aliphatic carbocycles. The molecule has 0 fully saturated rings. The fraction of sp³-hybridized carbons (Fsp3) is 0.308. The molecular weight excluding hydrogens is 298 g/mol. The van der Waals surface area contributed by atoms with Crippen LogP contribution in [0.3, 0.4) is 0 Å². The number of hydrogen-bond acceptors (Lipinski definition) is 3. The molecule has 0 unspecified atom stereocenters. The van der Waals surface area contributed by atoms with Gasteiger partial charge in [-0.3, -0.25) is 0 Å². The van der Waals surface area contributed by atoms with Gasteiger partial charge in [0.05, 0.1) is 11.2 Å². The molecule has 0 spiro atoms. The molecule has 5 nitrogen and oxygen atoms in total. The molecule has 1 aromatic carbocycles. The second-order valence-corrected chi connectivity index (χ2v) is 6.73. The van der Waals surface area contributed by atoms with Gasteiger partial charge in [0.25, 0.3) is 0 Å². The van der Waals surface area contributed by atoms with Crippen molar-refractivity contribution in [3.63, 3.8) is 0 Å². The third-order valence-electron chi connectivity index (χ3n) is 2.91. The summed E-state index contributed by atoms with van der Waals surface area (Å²) in [6, 6.07) is 4.59. The number of nitrogens with zero attached hydrogens (tertiary/aromatic N) is 2. The molecule has 1 aromatic heterocycles. The van der Waals surface area contributed by atoms with Gasteiger partial charge in [-0.1, -0.05) is 17.7 Å². The predicted molar refractivity (Wildman–Crippen MR) is 78.2 cm³/mol. The highest BCUT2D eigenvalue weighted by Crippen LogP contribution is 2.22. The highest BCUT2D eigenvalue weighted by Gasteiger charge is 2.20. The molecule has 0 aliphatic heterocycles. The number of benzene rings is 1. The lowest BCUT2D eigenvalue weighted by Crippen LogP contribution is -2.35. The van der Waals surface area contributed by atoms with Crippen LogP contribution in [-0.4, -0.2) is 24.0 Å². The minimum absolute atomic E-state index is 0.211. The van der Waals surface area contributed by atoms with Crippen LogP contribution in [0.2, 0.25) is 5.02 Å². The molecule has 1 heterocycles. The Morgan fingerprint density at radius 2 is 2.20 bits per heavy atom.